The number of aromatic nitrogens is 1. The van der Waals surface area contributed by atoms with Crippen molar-refractivity contribution in [2.75, 3.05) is 33.3 Å². The van der Waals surface area contributed by atoms with Gasteiger partial charge in [-0.25, -0.2) is 0 Å². The fraction of sp³-hybridized carbons (Fsp3) is 0.357. The summed E-state index contributed by atoms with van der Waals surface area (Å²) in [6.45, 7) is 3.26. The maximum atomic E-state index is 12.5. The van der Waals surface area contributed by atoms with Crippen molar-refractivity contribution in [3.63, 3.8) is 0 Å². The molecule has 1 aliphatic rings. The van der Waals surface area contributed by atoms with Gasteiger partial charge in [-0.3, -0.25) is 4.79 Å². The monoisotopic (exact) mass is 259 g/mol. The number of rotatable bonds is 2. The van der Waals surface area contributed by atoms with E-state index in [0.29, 0.717) is 0 Å². The summed E-state index contributed by atoms with van der Waals surface area (Å²) in [5, 5.41) is 4.20. The van der Waals surface area contributed by atoms with Gasteiger partial charge in [0.15, 0.2) is 0 Å². The van der Waals surface area contributed by atoms with E-state index in [2.05, 4.69) is 10.3 Å². The van der Waals surface area contributed by atoms with E-state index in [1.165, 1.54) is 0 Å². The van der Waals surface area contributed by atoms with Crippen molar-refractivity contribution in [1.82, 2.24) is 15.2 Å². The molecule has 0 saturated carbocycles. The molecule has 0 bridgehead atoms. The summed E-state index contributed by atoms with van der Waals surface area (Å²) in [6.07, 6.45) is 1.79. The highest BCUT2D eigenvalue weighted by molar-refractivity contribution is 6.07. The van der Waals surface area contributed by atoms with E-state index < -0.39 is 0 Å². The lowest BCUT2D eigenvalue weighted by atomic mass is 10.1. The Hall–Kier alpha value is -2.01. The number of fused-ring (bicyclic) bond motifs is 1. The Morgan fingerprint density at radius 2 is 2.11 bits per heavy atom. The number of H-pyrrole nitrogens is 1. The predicted molar refractivity (Wildman–Crippen MR) is 73.6 cm³/mol. The molecular weight excluding hydrogens is 242 g/mol. The Labute approximate surface area is 111 Å². The number of carbonyl (C=O) groups is 1. The highest BCUT2D eigenvalue weighted by Crippen LogP contribution is 2.24. The number of benzene rings is 1. The van der Waals surface area contributed by atoms with Gasteiger partial charge in [0.2, 0.25) is 0 Å². The Balaban J connectivity index is 1.93. The lowest BCUT2D eigenvalue weighted by molar-refractivity contribution is 0.0738. The molecule has 0 radical (unpaired) electrons. The van der Waals surface area contributed by atoms with Crippen molar-refractivity contribution in [1.29, 1.82) is 0 Å². The average molecular weight is 259 g/mol. The molecule has 0 aliphatic carbocycles. The molecule has 100 valence electrons. The van der Waals surface area contributed by atoms with Crippen molar-refractivity contribution in [3.05, 3.63) is 30.0 Å². The smallest absolute Gasteiger partial charge is 0.256 e. The number of amides is 1. The van der Waals surface area contributed by atoms with Crippen LogP contribution in [0.5, 0.6) is 5.75 Å². The molecule has 2 aromatic rings. The van der Waals surface area contributed by atoms with Crippen LogP contribution in [0.3, 0.4) is 0 Å². The minimum Gasteiger partial charge on any atom is -0.497 e. The van der Waals surface area contributed by atoms with Gasteiger partial charge in [0.25, 0.3) is 5.91 Å². The number of hydrogen-bond acceptors (Lipinski definition) is 3. The van der Waals surface area contributed by atoms with Crippen molar-refractivity contribution >= 4 is 16.8 Å². The number of aromatic amines is 1. The van der Waals surface area contributed by atoms with E-state index in [1.807, 2.05) is 23.1 Å². The molecule has 2 heterocycles. The number of ether oxygens (including phenoxy) is 1. The van der Waals surface area contributed by atoms with E-state index in [-0.39, 0.29) is 5.91 Å². The number of nitrogens with zero attached hydrogens (tertiary/aromatic N) is 1. The van der Waals surface area contributed by atoms with E-state index in [4.69, 9.17) is 4.74 Å². The highest BCUT2D eigenvalue weighted by Gasteiger charge is 2.20. The molecule has 3 rings (SSSR count). The van der Waals surface area contributed by atoms with Gasteiger partial charge in [-0.05, 0) is 12.1 Å². The Morgan fingerprint density at radius 3 is 2.84 bits per heavy atom. The maximum absolute atomic E-state index is 12.5. The van der Waals surface area contributed by atoms with Gasteiger partial charge in [-0.1, -0.05) is 0 Å². The predicted octanol–water partition coefficient (Wildman–Crippen LogP) is 1.22. The normalized spacial score (nSPS) is 15.7. The second kappa shape index (κ2) is 4.93. The van der Waals surface area contributed by atoms with Gasteiger partial charge in [0.1, 0.15) is 5.75 Å². The fourth-order valence-corrected chi connectivity index (χ4v) is 2.45. The topological polar surface area (TPSA) is 57.4 Å². The SMILES string of the molecule is COc1ccc2c(C(=O)N3CCNCC3)c[nH]c2c1. The van der Waals surface area contributed by atoms with Crippen molar-refractivity contribution < 1.29 is 9.53 Å². The zero-order chi connectivity index (χ0) is 13.2. The number of hydrogen-bond donors (Lipinski definition) is 2. The van der Waals surface area contributed by atoms with Gasteiger partial charge in [-0.2, -0.15) is 0 Å². The first-order chi connectivity index (χ1) is 9.29. The van der Waals surface area contributed by atoms with Crippen LogP contribution in [0.15, 0.2) is 24.4 Å². The molecule has 0 unspecified atom stereocenters. The zero-order valence-corrected chi connectivity index (χ0v) is 10.9. The molecular formula is C14H17N3O2. The minimum atomic E-state index is 0.0953. The minimum absolute atomic E-state index is 0.0953. The molecule has 1 fully saturated rings. The summed E-state index contributed by atoms with van der Waals surface area (Å²) in [6, 6.07) is 5.72. The molecule has 0 atom stereocenters. The van der Waals surface area contributed by atoms with E-state index in [1.54, 1.807) is 13.3 Å². The highest BCUT2D eigenvalue weighted by atomic mass is 16.5. The molecule has 2 N–H and O–H groups in total. The molecule has 1 aliphatic heterocycles. The second-order valence-corrected chi connectivity index (χ2v) is 4.66. The quantitative estimate of drug-likeness (QED) is 0.852. The molecule has 5 heteroatoms. The number of nitrogens with one attached hydrogen (secondary N) is 2. The van der Waals surface area contributed by atoms with Gasteiger partial charge in [0.05, 0.1) is 12.7 Å². The molecule has 0 spiro atoms. The summed E-state index contributed by atoms with van der Waals surface area (Å²) < 4.78 is 5.18. The Morgan fingerprint density at radius 1 is 1.32 bits per heavy atom. The average Bonchev–Trinajstić information content (AvgIpc) is 2.90. The molecule has 1 aromatic carbocycles. The third-order valence-corrected chi connectivity index (χ3v) is 3.52. The summed E-state index contributed by atoms with van der Waals surface area (Å²) in [7, 11) is 1.64. The van der Waals surface area contributed by atoms with Crippen LogP contribution in [-0.2, 0) is 0 Å². The van der Waals surface area contributed by atoms with Crippen LogP contribution >= 0.6 is 0 Å². The number of carbonyl (C=O) groups excluding carboxylic acids is 1. The molecule has 1 saturated heterocycles. The first-order valence-electron chi connectivity index (χ1n) is 6.45. The summed E-state index contributed by atoms with van der Waals surface area (Å²) >= 11 is 0. The van der Waals surface area contributed by atoms with Crippen LogP contribution < -0.4 is 10.1 Å². The number of methoxy groups -OCH3 is 1. The van der Waals surface area contributed by atoms with Crippen LogP contribution in [0.4, 0.5) is 0 Å². The lowest BCUT2D eigenvalue weighted by Gasteiger charge is -2.27. The first-order valence-corrected chi connectivity index (χ1v) is 6.45. The van der Waals surface area contributed by atoms with E-state index in [9.17, 15) is 4.79 Å². The van der Waals surface area contributed by atoms with Gasteiger partial charge in [0, 0.05) is 49.3 Å². The van der Waals surface area contributed by atoms with Crippen LogP contribution in [0.2, 0.25) is 0 Å². The summed E-state index contributed by atoms with van der Waals surface area (Å²) in [5.74, 6) is 0.883. The van der Waals surface area contributed by atoms with Crippen molar-refractivity contribution in [3.8, 4) is 5.75 Å². The first kappa shape index (κ1) is 12.0. The summed E-state index contributed by atoms with van der Waals surface area (Å²) in [5.41, 5.74) is 1.66. The molecule has 5 nitrogen and oxygen atoms in total. The third kappa shape index (κ3) is 2.17. The Bertz CT molecular complexity index is 600. The number of piperazine rings is 1. The van der Waals surface area contributed by atoms with Crippen LogP contribution in [0, 0.1) is 0 Å². The fourth-order valence-electron chi connectivity index (χ4n) is 2.45. The molecule has 1 aromatic heterocycles. The van der Waals surface area contributed by atoms with Crippen LogP contribution in [-0.4, -0.2) is 49.1 Å². The van der Waals surface area contributed by atoms with Crippen LogP contribution in [0.25, 0.3) is 10.9 Å². The zero-order valence-electron chi connectivity index (χ0n) is 10.9. The van der Waals surface area contributed by atoms with Crippen LogP contribution in [0.1, 0.15) is 10.4 Å². The standard InChI is InChI=1S/C14H17N3O2/c1-19-10-2-3-11-12(9-16-13(11)8-10)14(18)17-6-4-15-5-7-17/h2-3,8-9,15-16H,4-7H2,1H3. The lowest BCUT2D eigenvalue weighted by Crippen LogP contribution is -2.46. The molecule has 19 heavy (non-hydrogen) atoms. The summed E-state index contributed by atoms with van der Waals surface area (Å²) in [4.78, 5) is 17.5. The van der Waals surface area contributed by atoms with Gasteiger partial charge < -0.3 is 19.9 Å². The maximum Gasteiger partial charge on any atom is 0.256 e. The Kier molecular flexibility index (Phi) is 3.13. The largest absolute Gasteiger partial charge is 0.497 e. The van der Waals surface area contributed by atoms with E-state index >= 15 is 0 Å². The van der Waals surface area contributed by atoms with Gasteiger partial charge >= 0.3 is 0 Å². The second-order valence-electron chi connectivity index (χ2n) is 4.66. The van der Waals surface area contributed by atoms with Gasteiger partial charge in [-0.15, -0.1) is 0 Å². The third-order valence-electron chi connectivity index (χ3n) is 3.52. The van der Waals surface area contributed by atoms with Crippen molar-refractivity contribution in [2.24, 2.45) is 0 Å². The van der Waals surface area contributed by atoms with E-state index in [0.717, 1.165) is 48.4 Å². The van der Waals surface area contributed by atoms with Crippen molar-refractivity contribution in [2.45, 2.75) is 0 Å². The molecule has 1 amide bonds.